The minimum absolute atomic E-state index is 0.0485. The summed E-state index contributed by atoms with van der Waals surface area (Å²) >= 11 is 3.24. The molecule has 0 N–H and O–H groups in total. The molecule has 1 atom stereocenters. The molecule has 3 nitrogen and oxygen atoms in total. The predicted octanol–water partition coefficient (Wildman–Crippen LogP) is 3.09. The van der Waals surface area contributed by atoms with E-state index >= 15 is 0 Å². The van der Waals surface area contributed by atoms with Crippen LogP contribution in [0.2, 0.25) is 0 Å². The lowest BCUT2D eigenvalue weighted by Crippen LogP contribution is -2.21. The van der Waals surface area contributed by atoms with Crippen LogP contribution in [0.25, 0.3) is 0 Å². The van der Waals surface area contributed by atoms with Gasteiger partial charge in [0.15, 0.2) is 11.0 Å². The summed E-state index contributed by atoms with van der Waals surface area (Å²) in [6.45, 7) is 1.29. The van der Waals surface area contributed by atoms with Crippen LogP contribution in [0.15, 0.2) is 21.2 Å². The second-order valence-electron chi connectivity index (χ2n) is 3.31. The summed E-state index contributed by atoms with van der Waals surface area (Å²) in [6.07, 6.45) is 3.27. The van der Waals surface area contributed by atoms with Crippen LogP contribution < -0.4 is 0 Å². The van der Waals surface area contributed by atoms with E-state index in [-0.39, 0.29) is 6.29 Å². The first-order valence-corrected chi connectivity index (χ1v) is 5.61. The van der Waals surface area contributed by atoms with Crippen LogP contribution in [0.4, 0.5) is 0 Å². The van der Waals surface area contributed by atoms with E-state index in [2.05, 4.69) is 15.9 Å². The van der Waals surface area contributed by atoms with Gasteiger partial charge < -0.3 is 13.9 Å². The van der Waals surface area contributed by atoms with Crippen molar-refractivity contribution in [3.63, 3.8) is 0 Å². The summed E-state index contributed by atoms with van der Waals surface area (Å²) in [5, 5.41) is 0. The van der Waals surface area contributed by atoms with Crippen molar-refractivity contribution >= 4 is 15.9 Å². The number of hydrogen-bond donors (Lipinski definition) is 0. The minimum atomic E-state index is -0.0485. The highest BCUT2D eigenvalue weighted by Gasteiger charge is 2.14. The second kappa shape index (κ2) is 4.96. The van der Waals surface area contributed by atoms with E-state index < -0.39 is 0 Å². The average Bonchev–Trinajstić information content (AvgIpc) is 2.63. The molecular weight excluding hydrogens is 248 g/mol. The van der Waals surface area contributed by atoms with E-state index in [0.29, 0.717) is 6.61 Å². The molecule has 0 spiro atoms. The second-order valence-corrected chi connectivity index (χ2v) is 4.09. The quantitative estimate of drug-likeness (QED) is 0.837. The fourth-order valence-corrected chi connectivity index (χ4v) is 1.79. The van der Waals surface area contributed by atoms with Gasteiger partial charge in [-0.1, -0.05) is 0 Å². The molecule has 1 saturated heterocycles. The van der Waals surface area contributed by atoms with Crippen molar-refractivity contribution in [2.75, 3.05) is 6.61 Å². The van der Waals surface area contributed by atoms with Gasteiger partial charge >= 0.3 is 0 Å². The van der Waals surface area contributed by atoms with Crippen molar-refractivity contribution in [3.05, 3.63) is 22.6 Å². The fourth-order valence-electron chi connectivity index (χ4n) is 1.45. The Labute approximate surface area is 91.5 Å². The lowest BCUT2D eigenvalue weighted by molar-refractivity contribution is -0.171. The molecule has 0 amide bonds. The molecule has 1 aromatic rings. The zero-order valence-electron chi connectivity index (χ0n) is 7.87. The highest BCUT2D eigenvalue weighted by atomic mass is 79.9. The maximum Gasteiger partial charge on any atom is 0.169 e. The Morgan fingerprint density at radius 2 is 2.36 bits per heavy atom. The molecule has 1 aromatic heterocycles. The number of furan rings is 1. The maximum absolute atomic E-state index is 5.55. The van der Waals surface area contributed by atoms with E-state index in [1.54, 1.807) is 0 Å². The van der Waals surface area contributed by atoms with Gasteiger partial charge in [-0.05, 0) is 47.3 Å². The Kier molecular flexibility index (Phi) is 3.61. The first-order valence-electron chi connectivity index (χ1n) is 4.82. The van der Waals surface area contributed by atoms with Crippen LogP contribution in [-0.4, -0.2) is 12.9 Å². The van der Waals surface area contributed by atoms with E-state index in [0.717, 1.165) is 29.9 Å². The van der Waals surface area contributed by atoms with E-state index in [4.69, 9.17) is 13.9 Å². The highest BCUT2D eigenvalue weighted by Crippen LogP contribution is 2.18. The minimum Gasteiger partial charge on any atom is -0.452 e. The lowest BCUT2D eigenvalue weighted by atomic mass is 10.2. The van der Waals surface area contributed by atoms with Gasteiger partial charge in [0.25, 0.3) is 0 Å². The van der Waals surface area contributed by atoms with Gasteiger partial charge in [0.1, 0.15) is 12.4 Å². The molecule has 1 fully saturated rings. The smallest absolute Gasteiger partial charge is 0.169 e. The van der Waals surface area contributed by atoms with Crippen molar-refractivity contribution in [1.82, 2.24) is 0 Å². The van der Waals surface area contributed by atoms with Crippen LogP contribution in [-0.2, 0) is 16.1 Å². The number of halogens is 1. The molecule has 78 valence electrons. The van der Waals surface area contributed by atoms with E-state index in [9.17, 15) is 0 Å². The monoisotopic (exact) mass is 260 g/mol. The molecule has 1 aliphatic heterocycles. The molecule has 2 heterocycles. The van der Waals surface area contributed by atoms with Gasteiger partial charge in [0, 0.05) is 6.61 Å². The van der Waals surface area contributed by atoms with Crippen molar-refractivity contribution in [2.24, 2.45) is 0 Å². The topological polar surface area (TPSA) is 31.6 Å². The van der Waals surface area contributed by atoms with Crippen molar-refractivity contribution in [1.29, 1.82) is 0 Å². The molecular formula is C10H13BrO3. The molecule has 0 aromatic carbocycles. The van der Waals surface area contributed by atoms with Gasteiger partial charge in [0.2, 0.25) is 0 Å². The summed E-state index contributed by atoms with van der Waals surface area (Å²) in [5.74, 6) is 0.825. The standard InChI is InChI=1S/C10H13BrO3/c11-9-5-4-8(14-9)7-13-10-3-1-2-6-12-10/h4-5,10H,1-3,6-7H2. The number of rotatable bonds is 3. The third-order valence-electron chi connectivity index (χ3n) is 2.18. The van der Waals surface area contributed by atoms with Crippen LogP contribution in [0.3, 0.4) is 0 Å². The van der Waals surface area contributed by atoms with Gasteiger partial charge in [-0.3, -0.25) is 0 Å². The Hall–Kier alpha value is -0.320. The summed E-state index contributed by atoms with van der Waals surface area (Å²) in [5.41, 5.74) is 0. The van der Waals surface area contributed by atoms with Crippen molar-refractivity contribution < 1.29 is 13.9 Å². The molecule has 1 unspecified atom stereocenters. The molecule has 14 heavy (non-hydrogen) atoms. The summed E-state index contributed by atoms with van der Waals surface area (Å²) < 4.78 is 17.0. The normalized spacial score (nSPS) is 22.5. The van der Waals surface area contributed by atoms with Gasteiger partial charge in [-0.15, -0.1) is 0 Å². The zero-order chi connectivity index (χ0) is 9.80. The molecule has 0 aliphatic carbocycles. The Bertz CT molecular complexity index is 279. The molecule has 2 rings (SSSR count). The van der Waals surface area contributed by atoms with Crippen LogP contribution in [0.5, 0.6) is 0 Å². The SMILES string of the molecule is Brc1ccc(COC2CCCCO2)o1. The Morgan fingerprint density at radius 3 is 3.00 bits per heavy atom. The van der Waals surface area contributed by atoms with Crippen molar-refractivity contribution in [2.45, 2.75) is 32.2 Å². The fraction of sp³-hybridized carbons (Fsp3) is 0.600. The molecule has 0 saturated carbocycles. The summed E-state index contributed by atoms with van der Waals surface area (Å²) in [7, 11) is 0. The van der Waals surface area contributed by atoms with E-state index in [1.165, 1.54) is 6.42 Å². The van der Waals surface area contributed by atoms with Crippen LogP contribution in [0.1, 0.15) is 25.0 Å². The third-order valence-corrected chi connectivity index (χ3v) is 2.60. The molecule has 1 aliphatic rings. The summed E-state index contributed by atoms with van der Waals surface area (Å²) in [6, 6.07) is 3.76. The average molecular weight is 261 g/mol. The lowest BCUT2D eigenvalue weighted by Gasteiger charge is -2.22. The molecule has 0 radical (unpaired) electrons. The van der Waals surface area contributed by atoms with Gasteiger partial charge in [-0.25, -0.2) is 0 Å². The predicted molar refractivity (Wildman–Crippen MR) is 54.8 cm³/mol. The molecule has 0 bridgehead atoms. The van der Waals surface area contributed by atoms with Crippen LogP contribution in [0, 0.1) is 0 Å². The Balaban J connectivity index is 1.76. The third kappa shape index (κ3) is 2.83. The van der Waals surface area contributed by atoms with Gasteiger partial charge in [0.05, 0.1) is 0 Å². The van der Waals surface area contributed by atoms with Crippen LogP contribution >= 0.6 is 15.9 Å². The zero-order valence-corrected chi connectivity index (χ0v) is 9.46. The first-order chi connectivity index (χ1) is 6.84. The largest absolute Gasteiger partial charge is 0.452 e. The van der Waals surface area contributed by atoms with E-state index in [1.807, 2.05) is 12.1 Å². The Morgan fingerprint density at radius 1 is 1.43 bits per heavy atom. The number of hydrogen-bond acceptors (Lipinski definition) is 3. The maximum atomic E-state index is 5.55. The molecule has 4 heteroatoms. The van der Waals surface area contributed by atoms with Crippen molar-refractivity contribution in [3.8, 4) is 0 Å². The summed E-state index contributed by atoms with van der Waals surface area (Å²) in [4.78, 5) is 0. The highest BCUT2D eigenvalue weighted by molar-refractivity contribution is 9.10. The first kappa shape index (κ1) is 10.2. The van der Waals surface area contributed by atoms with Gasteiger partial charge in [-0.2, -0.15) is 0 Å². The number of ether oxygens (including phenoxy) is 2.